The number of carbonyl (C=O) groups is 2. The van der Waals surface area contributed by atoms with Crippen LogP contribution in [0.4, 0.5) is 4.79 Å². The zero-order valence-electron chi connectivity index (χ0n) is 17.6. The number of oxazole rings is 1. The Morgan fingerprint density at radius 3 is 2.42 bits per heavy atom. The molecule has 8 nitrogen and oxygen atoms in total. The van der Waals surface area contributed by atoms with Gasteiger partial charge in [0.2, 0.25) is 0 Å². The molecule has 1 N–H and O–H groups in total. The van der Waals surface area contributed by atoms with Gasteiger partial charge in [0.15, 0.2) is 5.58 Å². The molecule has 2 aromatic carbocycles. The van der Waals surface area contributed by atoms with E-state index in [1.165, 1.54) is 0 Å². The number of piperidine rings is 1. The van der Waals surface area contributed by atoms with Crippen LogP contribution in [0.3, 0.4) is 0 Å². The van der Waals surface area contributed by atoms with Gasteiger partial charge in [-0.25, -0.2) is 9.59 Å². The fourth-order valence-corrected chi connectivity index (χ4v) is 5.16. The molecule has 0 atom stereocenters. The Kier molecular flexibility index (Phi) is 5.58. The minimum atomic E-state index is -0.543. The Morgan fingerprint density at radius 1 is 1.03 bits per heavy atom. The molecule has 10 heteroatoms. The molecule has 3 aromatic rings. The molecule has 2 fully saturated rings. The van der Waals surface area contributed by atoms with E-state index < -0.39 is 5.76 Å². The zero-order valence-corrected chi connectivity index (χ0v) is 19.1. The summed E-state index contributed by atoms with van der Waals surface area (Å²) in [5, 5.41) is 0.991. The van der Waals surface area contributed by atoms with Gasteiger partial charge in [-0.05, 0) is 54.8 Å². The van der Waals surface area contributed by atoms with Crippen LogP contribution in [0.5, 0.6) is 0 Å². The third kappa shape index (κ3) is 4.45. The topological polar surface area (TPSA) is 95.9 Å². The van der Waals surface area contributed by atoms with Crippen molar-refractivity contribution in [1.29, 1.82) is 0 Å². The van der Waals surface area contributed by atoms with Crippen molar-refractivity contribution >= 4 is 46.3 Å². The van der Waals surface area contributed by atoms with Gasteiger partial charge in [0.25, 0.3) is 5.91 Å². The van der Waals surface area contributed by atoms with E-state index in [0.29, 0.717) is 52.9 Å². The molecule has 2 amide bonds. The van der Waals surface area contributed by atoms with Gasteiger partial charge in [-0.2, -0.15) is 0 Å². The van der Waals surface area contributed by atoms with E-state index in [0.717, 1.165) is 18.4 Å². The summed E-state index contributed by atoms with van der Waals surface area (Å²) in [6.45, 7) is 2.56. The molecule has 5 rings (SSSR count). The molecule has 0 radical (unpaired) electrons. The number of rotatable bonds is 3. The van der Waals surface area contributed by atoms with Crippen molar-refractivity contribution in [2.75, 3.05) is 26.2 Å². The second kappa shape index (κ2) is 8.43. The zero-order chi connectivity index (χ0) is 23.2. The maximum atomic E-state index is 12.9. The maximum Gasteiger partial charge on any atom is 0.417 e. The number of aromatic nitrogens is 1. The fraction of sp³-hybridized carbons (Fsp3) is 0.348. The number of nitrogens with one attached hydrogen (secondary N) is 1. The van der Waals surface area contributed by atoms with Gasteiger partial charge in [0.1, 0.15) is 6.61 Å². The van der Waals surface area contributed by atoms with Gasteiger partial charge in [0, 0.05) is 47.2 Å². The first kappa shape index (κ1) is 21.9. The van der Waals surface area contributed by atoms with Crippen LogP contribution in [0.1, 0.15) is 28.8 Å². The van der Waals surface area contributed by atoms with Crippen molar-refractivity contribution in [3.05, 3.63) is 68.1 Å². The monoisotopic (exact) mass is 489 g/mol. The van der Waals surface area contributed by atoms with Crippen molar-refractivity contribution in [2.45, 2.75) is 19.4 Å². The number of aromatic amines is 1. The van der Waals surface area contributed by atoms with Gasteiger partial charge in [0.05, 0.1) is 5.52 Å². The van der Waals surface area contributed by atoms with Gasteiger partial charge >= 0.3 is 11.8 Å². The highest BCUT2D eigenvalue weighted by Crippen LogP contribution is 2.41. The molecule has 0 bridgehead atoms. The number of H-pyrrole nitrogens is 1. The summed E-state index contributed by atoms with van der Waals surface area (Å²) >= 11 is 12.0. The molecule has 172 valence electrons. The molecule has 2 aliphatic rings. The second-order valence-corrected chi connectivity index (χ2v) is 9.58. The summed E-state index contributed by atoms with van der Waals surface area (Å²) in [6.07, 6.45) is 1.26. The van der Waals surface area contributed by atoms with E-state index in [1.54, 1.807) is 46.2 Å². The first-order chi connectivity index (χ1) is 15.8. The van der Waals surface area contributed by atoms with Crippen LogP contribution >= 0.6 is 23.2 Å². The smallest absolute Gasteiger partial charge is 0.417 e. The fourth-order valence-electron chi connectivity index (χ4n) is 4.58. The minimum Gasteiger partial charge on any atom is -0.445 e. The molecule has 2 aliphatic heterocycles. The Labute approximate surface area is 199 Å². The van der Waals surface area contributed by atoms with Crippen LogP contribution in [0.25, 0.3) is 11.1 Å². The first-order valence-electron chi connectivity index (χ1n) is 10.6. The highest BCUT2D eigenvalue weighted by molar-refractivity contribution is 6.34. The summed E-state index contributed by atoms with van der Waals surface area (Å²) in [5.74, 6) is -0.634. The van der Waals surface area contributed by atoms with Crippen LogP contribution in [0.15, 0.2) is 45.6 Å². The number of halogens is 2. The Balaban J connectivity index is 1.12. The van der Waals surface area contributed by atoms with Crippen LogP contribution in [-0.4, -0.2) is 53.0 Å². The highest BCUT2D eigenvalue weighted by atomic mass is 35.5. The summed E-state index contributed by atoms with van der Waals surface area (Å²) in [7, 11) is 0. The Bertz CT molecular complexity index is 1260. The quantitative estimate of drug-likeness (QED) is 0.591. The van der Waals surface area contributed by atoms with E-state index in [2.05, 4.69) is 4.98 Å². The lowest BCUT2D eigenvalue weighted by Crippen LogP contribution is -2.62. The molecule has 3 heterocycles. The molecule has 1 aromatic heterocycles. The van der Waals surface area contributed by atoms with Crippen LogP contribution in [0, 0.1) is 5.41 Å². The third-order valence-corrected chi connectivity index (χ3v) is 6.81. The van der Waals surface area contributed by atoms with E-state index in [4.69, 9.17) is 32.4 Å². The molecular formula is C23H21Cl2N3O5. The SMILES string of the molecule is O=C(OCc1cc(Cl)cc(Cl)c1)N1CC2(CCN(C(=O)c3ccc4[nH]c(=O)oc4c3)CC2)C1. The molecule has 1 spiro atoms. The summed E-state index contributed by atoms with van der Waals surface area (Å²) < 4.78 is 10.5. The summed E-state index contributed by atoms with van der Waals surface area (Å²) in [4.78, 5) is 42.7. The molecule has 2 saturated heterocycles. The van der Waals surface area contributed by atoms with Crippen molar-refractivity contribution in [3.63, 3.8) is 0 Å². The standard InChI is InChI=1S/C23H21Cl2N3O5/c24-16-7-14(8-17(25)10-16)11-32-22(31)28-12-23(13-28)3-5-27(6-4-23)20(29)15-1-2-18-19(9-15)33-21(30)26-18/h1-2,7-10H,3-6,11-13H2,(H,26,30). The number of benzene rings is 2. The average Bonchev–Trinajstić information content (AvgIpc) is 3.14. The van der Waals surface area contributed by atoms with E-state index in [-0.39, 0.29) is 24.0 Å². The van der Waals surface area contributed by atoms with Crippen LogP contribution < -0.4 is 5.76 Å². The number of likely N-dealkylation sites (tertiary alicyclic amines) is 2. The molecule has 0 saturated carbocycles. The number of amides is 2. The summed E-state index contributed by atoms with van der Waals surface area (Å²) in [5.41, 5.74) is 2.18. The molecule has 0 aliphatic carbocycles. The third-order valence-electron chi connectivity index (χ3n) is 6.37. The minimum absolute atomic E-state index is 0.0204. The van der Waals surface area contributed by atoms with Gasteiger partial charge in [-0.3, -0.25) is 9.78 Å². The maximum absolute atomic E-state index is 12.9. The molecule has 33 heavy (non-hydrogen) atoms. The molecule has 0 unspecified atom stereocenters. The van der Waals surface area contributed by atoms with E-state index >= 15 is 0 Å². The average molecular weight is 490 g/mol. The van der Waals surface area contributed by atoms with Crippen LogP contribution in [0.2, 0.25) is 10.0 Å². The van der Waals surface area contributed by atoms with E-state index in [1.807, 2.05) is 0 Å². The predicted octanol–water partition coefficient (Wildman–Crippen LogP) is 4.30. The van der Waals surface area contributed by atoms with Crippen LogP contribution in [-0.2, 0) is 11.3 Å². The van der Waals surface area contributed by atoms with Crippen molar-refractivity contribution in [1.82, 2.24) is 14.8 Å². The molecular weight excluding hydrogens is 469 g/mol. The lowest BCUT2D eigenvalue weighted by Gasteiger charge is -2.53. The number of fused-ring (bicyclic) bond motifs is 1. The predicted molar refractivity (Wildman–Crippen MR) is 123 cm³/mol. The van der Waals surface area contributed by atoms with Gasteiger partial charge in [-0.1, -0.05) is 23.2 Å². The summed E-state index contributed by atoms with van der Waals surface area (Å²) in [6, 6.07) is 10.0. The number of hydrogen-bond acceptors (Lipinski definition) is 5. The first-order valence-corrected chi connectivity index (χ1v) is 11.3. The number of carbonyl (C=O) groups excluding carboxylic acids is 2. The Morgan fingerprint density at radius 2 is 1.73 bits per heavy atom. The van der Waals surface area contributed by atoms with Crippen molar-refractivity contribution in [3.8, 4) is 0 Å². The largest absolute Gasteiger partial charge is 0.445 e. The second-order valence-electron chi connectivity index (χ2n) is 8.71. The van der Waals surface area contributed by atoms with Crippen molar-refractivity contribution < 1.29 is 18.7 Å². The van der Waals surface area contributed by atoms with E-state index in [9.17, 15) is 14.4 Å². The highest BCUT2D eigenvalue weighted by Gasteiger charge is 2.47. The number of nitrogens with zero attached hydrogens (tertiary/aromatic N) is 2. The number of hydrogen-bond donors (Lipinski definition) is 1. The normalized spacial score (nSPS) is 17.3. The van der Waals surface area contributed by atoms with Gasteiger partial charge < -0.3 is 19.0 Å². The lowest BCUT2D eigenvalue weighted by atomic mass is 9.72. The van der Waals surface area contributed by atoms with Crippen molar-refractivity contribution in [2.24, 2.45) is 5.41 Å². The Hall–Kier alpha value is -2.97. The number of ether oxygens (including phenoxy) is 1. The van der Waals surface area contributed by atoms with Gasteiger partial charge in [-0.15, -0.1) is 0 Å². The lowest BCUT2D eigenvalue weighted by molar-refractivity contribution is -0.0392.